The maximum absolute atomic E-state index is 5.16. The van der Waals surface area contributed by atoms with Crippen LogP contribution in [0.3, 0.4) is 0 Å². The summed E-state index contributed by atoms with van der Waals surface area (Å²) in [6, 6.07) is 16.9. The van der Waals surface area contributed by atoms with Crippen LogP contribution in [0.15, 0.2) is 66.9 Å². The number of rotatable bonds is 3. The van der Waals surface area contributed by atoms with E-state index in [-0.39, 0.29) is 0 Å². The average molecular weight is 263 g/mol. The van der Waals surface area contributed by atoms with Crippen LogP contribution in [0.2, 0.25) is 0 Å². The summed E-state index contributed by atoms with van der Waals surface area (Å²) >= 11 is 0. The monoisotopic (exact) mass is 263 g/mol. The second kappa shape index (κ2) is 4.89. The van der Waals surface area contributed by atoms with Gasteiger partial charge in [0.1, 0.15) is 5.76 Å². The number of benzene rings is 2. The molecule has 0 unspecified atom stereocenters. The van der Waals surface area contributed by atoms with Crippen LogP contribution in [0.1, 0.15) is 6.92 Å². The summed E-state index contributed by atoms with van der Waals surface area (Å²) in [6.45, 7) is 5.94. The summed E-state index contributed by atoms with van der Waals surface area (Å²) in [6.07, 6.45) is 1.96. The molecule has 1 heterocycles. The number of fused-ring (bicyclic) bond motifs is 3. The summed E-state index contributed by atoms with van der Waals surface area (Å²) in [5.74, 6) is 0.657. The van der Waals surface area contributed by atoms with Gasteiger partial charge in [-0.1, -0.05) is 43.0 Å². The van der Waals surface area contributed by atoms with Gasteiger partial charge in [0, 0.05) is 16.5 Å². The van der Waals surface area contributed by atoms with Crippen molar-refractivity contribution in [1.82, 2.24) is 4.57 Å². The van der Waals surface area contributed by atoms with Crippen LogP contribution < -0.4 is 0 Å². The Morgan fingerprint density at radius 2 is 1.50 bits per heavy atom. The van der Waals surface area contributed by atoms with E-state index in [1.54, 1.807) is 7.11 Å². The van der Waals surface area contributed by atoms with Crippen molar-refractivity contribution in [2.45, 2.75) is 6.92 Å². The van der Waals surface area contributed by atoms with Crippen LogP contribution in [0.25, 0.3) is 27.5 Å². The fourth-order valence-electron chi connectivity index (χ4n) is 2.66. The van der Waals surface area contributed by atoms with Gasteiger partial charge in [-0.2, -0.15) is 0 Å². The summed E-state index contributed by atoms with van der Waals surface area (Å²) < 4.78 is 7.40. The van der Waals surface area contributed by atoms with Gasteiger partial charge in [-0.25, -0.2) is 0 Å². The van der Waals surface area contributed by atoms with Crippen LogP contribution in [0.5, 0.6) is 0 Å². The standard InChI is InChI=1S/C18H17NO/c1-13(12-14(2)20-3)19-17-10-6-4-8-15(17)16-9-5-7-11-18(16)19/h4-12H,2H2,1,3H3. The van der Waals surface area contributed by atoms with Crippen molar-refractivity contribution < 1.29 is 4.74 Å². The third-order valence-corrected chi connectivity index (χ3v) is 3.56. The molecule has 0 saturated heterocycles. The van der Waals surface area contributed by atoms with E-state index >= 15 is 0 Å². The Balaban J connectivity index is 2.37. The van der Waals surface area contributed by atoms with Gasteiger partial charge in [-0.3, -0.25) is 0 Å². The molecule has 0 saturated carbocycles. The first-order valence-electron chi connectivity index (χ1n) is 6.62. The molecule has 1 aromatic heterocycles. The van der Waals surface area contributed by atoms with E-state index in [1.165, 1.54) is 21.8 Å². The Labute approximate surface area is 118 Å². The Bertz CT molecular complexity index is 770. The molecule has 0 radical (unpaired) electrons. The maximum atomic E-state index is 5.16. The van der Waals surface area contributed by atoms with Crippen molar-refractivity contribution in [2.24, 2.45) is 0 Å². The predicted molar refractivity (Wildman–Crippen MR) is 85.5 cm³/mol. The molecule has 0 aliphatic carbocycles. The number of aromatic nitrogens is 1. The van der Waals surface area contributed by atoms with E-state index in [2.05, 4.69) is 66.6 Å². The van der Waals surface area contributed by atoms with Crippen LogP contribution >= 0.6 is 0 Å². The predicted octanol–water partition coefficient (Wildman–Crippen LogP) is 4.82. The van der Waals surface area contributed by atoms with Gasteiger partial charge in [0.15, 0.2) is 0 Å². The zero-order chi connectivity index (χ0) is 14.1. The van der Waals surface area contributed by atoms with Crippen LogP contribution in [-0.2, 0) is 4.74 Å². The molecule has 0 spiro atoms. The minimum atomic E-state index is 0.657. The molecule has 0 bridgehead atoms. The van der Waals surface area contributed by atoms with E-state index in [1.807, 2.05) is 6.08 Å². The molecule has 0 amide bonds. The Kier molecular flexibility index (Phi) is 3.07. The number of para-hydroxylation sites is 2. The summed E-state index contributed by atoms with van der Waals surface area (Å²) in [4.78, 5) is 0. The molecule has 0 aliphatic heterocycles. The Morgan fingerprint density at radius 1 is 1.00 bits per heavy atom. The van der Waals surface area contributed by atoms with E-state index in [0.29, 0.717) is 5.76 Å². The highest BCUT2D eigenvalue weighted by Crippen LogP contribution is 2.31. The number of allylic oxidation sites excluding steroid dienone is 2. The van der Waals surface area contributed by atoms with Gasteiger partial charge in [0.25, 0.3) is 0 Å². The molecule has 0 atom stereocenters. The molecule has 2 nitrogen and oxygen atoms in total. The molecule has 2 heteroatoms. The topological polar surface area (TPSA) is 14.2 Å². The smallest absolute Gasteiger partial charge is 0.113 e. The quantitative estimate of drug-likeness (QED) is 0.488. The molecule has 3 aromatic rings. The van der Waals surface area contributed by atoms with E-state index in [0.717, 1.165) is 5.70 Å². The second-order valence-electron chi connectivity index (χ2n) is 4.83. The first-order chi connectivity index (χ1) is 9.72. The summed E-state index contributed by atoms with van der Waals surface area (Å²) in [5.41, 5.74) is 3.49. The Morgan fingerprint density at radius 3 is 2.00 bits per heavy atom. The SMILES string of the molecule is C=C(C=C(C)n1c2ccccc2c2ccccc21)OC. The highest BCUT2D eigenvalue weighted by Gasteiger charge is 2.10. The third kappa shape index (κ3) is 1.90. The molecule has 0 aliphatic rings. The van der Waals surface area contributed by atoms with E-state index < -0.39 is 0 Å². The van der Waals surface area contributed by atoms with E-state index in [4.69, 9.17) is 4.74 Å². The number of hydrogen-bond donors (Lipinski definition) is 0. The van der Waals surface area contributed by atoms with Crippen molar-refractivity contribution >= 4 is 27.5 Å². The van der Waals surface area contributed by atoms with Crippen LogP contribution in [0.4, 0.5) is 0 Å². The second-order valence-corrected chi connectivity index (χ2v) is 4.83. The van der Waals surface area contributed by atoms with Crippen molar-refractivity contribution in [2.75, 3.05) is 7.11 Å². The van der Waals surface area contributed by atoms with Crippen molar-refractivity contribution in [3.63, 3.8) is 0 Å². The molecule has 2 aromatic carbocycles. The molecule has 0 fully saturated rings. The van der Waals surface area contributed by atoms with Gasteiger partial charge in [-0.05, 0) is 25.1 Å². The molecule has 20 heavy (non-hydrogen) atoms. The first-order valence-corrected chi connectivity index (χ1v) is 6.62. The summed E-state index contributed by atoms with van der Waals surface area (Å²) in [7, 11) is 1.64. The lowest BCUT2D eigenvalue weighted by Gasteiger charge is -2.08. The van der Waals surface area contributed by atoms with Crippen LogP contribution in [0, 0.1) is 0 Å². The van der Waals surface area contributed by atoms with Crippen molar-refractivity contribution in [3.05, 3.63) is 66.9 Å². The molecular weight excluding hydrogens is 246 g/mol. The molecule has 3 rings (SSSR count). The third-order valence-electron chi connectivity index (χ3n) is 3.56. The van der Waals surface area contributed by atoms with Gasteiger partial charge in [0.2, 0.25) is 0 Å². The number of methoxy groups -OCH3 is 1. The lowest BCUT2D eigenvalue weighted by Crippen LogP contribution is -1.94. The first kappa shape index (κ1) is 12.5. The zero-order valence-electron chi connectivity index (χ0n) is 11.8. The number of nitrogens with zero attached hydrogens (tertiary/aromatic N) is 1. The molecular formula is C18H17NO. The highest BCUT2D eigenvalue weighted by molar-refractivity contribution is 6.09. The average Bonchev–Trinajstić information content (AvgIpc) is 2.81. The molecule has 100 valence electrons. The van der Waals surface area contributed by atoms with Gasteiger partial charge >= 0.3 is 0 Å². The zero-order valence-corrected chi connectivity index (χ0v) is 11.8. The van der Waals surface area contributed by atoms with Crippen molar-refractivity contribution in [3.8, 4) is 0 Å². The Hall–Kier alpha value is -2.48. The number of ether oxygens (including phenoxy) is 1. The van der Waals surface area contributed by atoms with Crippen LogP contribution in [-0.4, -0.2) is 11.7 Å². The van der Waals surface area contributed by atoms with Gasteiger partial charge in [-0.15, -0.1) is 0 Å². The summed E-state index contributed by atoms with van der Waals surface area (Å²) in [5, 5.41) is 2.53. The number of hydrogen-bond acceptors (Lipinski definition) is 1. The van der Waals surface area contributed by atoms with Gasteiger partial charge < -0.3 is 9.30 Å². The lowest BCUT2D eigenvalue weighted by atomic mass is 10.2. The van der Waals surface area contributed by atoms with Gasteiger partial charge in [0.05, 0.1) is 18.1 Å². The normalized spacial score (nSPS) is 12.0. The largest absolute Gasteiger partial charge is 0.497 e. The fraction of sp³-hybridized carbons (Fsp3) is 0.111. The highest BCUT2D eigenvalue weighted by atomic mass is 16.5. The fourth-order valence-corrected chi connectivity index (χ4v) is 2.66. The minimum absolute atomic E-state index is 0.657. The maximum Gasteiger partial charge on any atom is 0.113 e. The minimum Gasteiger partial charge on any atom is -0.497 e. The van der Waals surface area contributed by atoms with Crippen molar-refractivity contribution in [1.29, 1.82) is 0 Å². The molecule has 0 N–H and O–H groups in total. The lowest BCUT2D eigenvalue weighted by molar-refractivity contribution is 0.309. The van der Waals surface area contributed by atoms with E-state index in [9.17, 15) is 0 Å².